The van der Waals surface area contributed by atoms with Gasteiger partial charge in [0.15, 0.2) is 0 Å². The molecule has 0 saturated heterocycles. The third kappa shape index (κ3) is 6.44. The van der Waals surface area contributed by atoms with Gasteiger partial charge in [-0.3, -0.25) is 0 Å². The van der Waals surface area contributed by atoms with Crippen molar-refractivity contribution in [1.82, 2.24) is 0 Å². The molecule has 0 amide bonds. The molecule has 0 aliphatic heterocycles. The van der Waals surface area contributed by atoms with E-state index in [1.54, 1.807) is 24.3 Å². The largest absolute Gasteiger partial charge is 1.00 e. The van der Waals surface area contributed by atoms with Gasteiger partial charge in [-0.05, 0) is 28.5 Å². The Morgan fingerprint density at radius 3 is 2.21 bits per heavy atom. The second-order valence-corrected chi connectivity index (χ2v) is 6.49. The number of benzene rings is 1. The van der Waals surface area contributed by atoms with Crippen LogP contribution in [-0.2, 0) is 14.9 Å². The SMILES string of the molecule is O=S(=O)([O-])SCc1ccc(Br)cc1.[Na+]. The maximum atomic E-state index is 10.3. The predicted molar refractivity (Wildman–Crippen MR) is 55.1 cm³/mol. The van der Waals surface area contributed by atoms with Gasteiger partial charge in [-0.15, -0.1) is 0 Å². The Hall–Kier alpha value is 0.960. The molecule has 0 spiro atoms. The first kappa shape index (κ1) is 15.0. The molecule has 0 unspecified atom stereocenters. The van der Waals surface area contributed by atoms with Crippen molar-refractivity contribution in [2.24, 2.45) is 0 Å². The van der Waals surface area contributed by atoms with Crippen LogP contribution in [0.1, 0.15) is 5.56 Å². The van der Waals surface area contributed by atoms with Gasteiger partial charge in [0.25, 0.3) is 0 Å². The molecule has 0 radical (unpaired) electrons. The summed E-state index contributed by atoms with van der Waals surface area (Å²) in [5, 5.41) is 0. The number of hydrogen-bond acceptors (Lipinski definition) is 4. The van der Waals surface area contributed by atoms with Crippen LogP contribution >= 0.6 is 26.7 Å². The van der Waals surface area contributed by atoms with Crippen molar-refractivity contribution in [2.75, 3.05) is 0 Å². The molecule has 0 atom stereocenters. The Bertz CT molecular complexity index is 376. The average molecular weight is 305 g/mol. The number of hydrogen-bond donors (Lipinski definition) is 0. The summed E-state index contributed by atoms with van der Waals surface area (Å²) >= 11 is 3.25. The first-order chi connectivity index (χ1) is 5.97. The van der Waals surface area contributed by atoms with Crippen LogP contribution in [0.15, 0.2) is 28.7 Å². The first-order valence-corrected chi connectivity index (χ1v) is 7.02. The zero-order valence-electron chi connectivity index (χ0n) is 7.44. The third-order valence-corrected chi connectivity index (χ3v) is 3.77. The van der Waals surface area contributed by atoms with E-state index >= 15 is 0 Å². The first-order valence-electron chi connectivity index (χ1n) is 3.32. The van der Waals surface area contributed by atoms with Crippen LogP contribution in [0.25, 0.3) is 0 Å². The molecule has 0 bridgehead atoms. The Labute approximate surface area is 117 Å². The molecule has 1 aromatic rings. The van der Waals surface area contributed by atoms with Crippen molar-refractivity contribution in [3.8, 4) is 0 Å². The quantitative estimate of drug-likeness (QED) is 0.414. The van der Waals surface area contributed by atoms with Crippen molar-refractivity contribution < 1.29 is 42.5 Å². The van der Waals surface area contributed by atoms with Gasteiger partial charge in [0, 0.05) is 10.2 Å². The summed E-state index contributed by atoms with van der Waals surface area (Å²) < 4.78 is 31.7. The summed E-state index contributed by atoms with van der Waals surface area (Å²) in [6, 6.07) is 7.13. The molecule has 14 heavy (non-hydrogen) atoms. The number of halogens is 1. The molecule has 0 aliphatic carbocycles. The van der Waals surface area contributed by atoms with Gasteiger partial charge >= 0.3 is 29.6 Å². The van der Waals surface area contributed by atoms with Crippen molar-refractivity contribution in [2.45, 2.75) is 5.75 Å². The van der Waals surface area contributed by atoms with Gasteiger partial charge in [0.2, 0.25) is 0 Å². The van der Waals surface area contributed by atoms with E-state index in [0.29, 0.717) is 10.8 Å². The molecule has 0 N–H and O–H groups in total. The molecular weight excluding hydrogens is 299 g/mol. The summed E-state index contributed by atoms with van der Waals surface area (Å²) in [7, 11) is -3.78. The van der Waals surface area contributed by atoms with Crippen molar-refractivity contribution in [3.63, 3.8) is 0 Å². The molecule has 7 heteroatoms. The zero-order chi connectivity index (χ0) is 9.90. The van der Waals surface area contributed by atoms with E-state index in [-0.39, 0.29) is 35.3 Å². The van der Waals surface area contributed by atoms with Gasteiger partial charge in [-0.2, -0.15) is 0 Å². The second kappa shape index (κ2) is 6.52. The van der Waals surface area contributed by atoms with E-state index in [1.165, 1.54) is 0 Å². The van der Waals surface area contributed by atoms with E-state index in [0.717, 1.165) is 10.0 Å². The molecular formula is C7H6BrNaO3S2. The summed E-state index contributed by atoms with van der Waals surface area (Å²) in [4.78, 5) is 0. The van der Waals surface area contributed by atoms with E-state index < -0.39 is 9.15 Å². The summed E-state index contributed by atoms with van der Waals surface area (Å²) in [5.41, 5.74) is 0.813. The molecule has 0 heterocycles. The monoisotopic (exact) mass is 304 g/mol. The van der Waals surface area contributed by atoms with Gasteiger partial charge < -0.3 is 4.55 Å². The van der Waals surface area contributed by atoms with Gasteiger partial charge in [0.05, 0.1) is 0 Å². The molecule has 72 valence electrons. The Morgan fingerprint density at radius 1 is 1.29 bits per heavy atom. The van der Waals surface area contributed by atoms with Crippen LogP contribution in [0.3, 0.4) is 0 Å². The van der Waals surface area contributed by atoms with Crippen LogP contribution in [0.4, 0.5) is 0 Å². The predicted octanol–water partition coefficient (Wildman–Crippen LogP) is -0.853. The molecule has 0 aliphatic rings. The minimum absolute atomic E-state index is 0. The molecule has 1 aromatic carbocycles. The van der Waals surface area contributed by atoms with Crippen LogP contribution < -0.4 is 29.6 Å². The second-order valence-electron chi connectivity index (χ2n) is 2.30. The Kier molecular flexibility index (Phi) is 6.97. The average Bonchev–Trinajstić information content (AvgIpc) is 2.02. The van der Waals surface area contributed by atoms with Crippen molar-refractivity contribution >= 4 is 35.9 Å². The summed E-state index contributed by atoms with van der Waals surface area (Å²) in [6.07, 6.45) is 0. The minimum Gasteiger partial charge on any atom is -0.739 e. The molecule has 0 aromatic heterocycles. The summed E-state index contributed by atoms with van der Waals surface area (Å²) in [5.74, 6) is 0.194. The fraction of sp³-hybridized carbons (Fsp3) is 0.143. The third-order valence-electron chi connectivity index (χ3n) is 1.28. The standard InChI is InChI=1S/C7H7BrO3S2.Na/c8-7-3-1-6(2-4-7)5-12-13(9,10)11;/h1-4H,5H2,(H,9,10,11);/q;+1/p-1. The van der Waals surface area contributed by atoms with E-state index in [9.17, 15) is 13.0 Å². The van der Waals surface area contributed by atoms with E-state index in [2.05, 4.69) is 15.9 Å². The molecule has 3 nitrogen and oxygen atoms in total. The maximum absolute atomic E-state index is 10.3. The van der Waals surface area contributed by atoms with E-state index in [4.69, 9.17) is 0 Å². The fourth-order valence-corrected chi connectivity index (χ4v) is 2.30. The fourth-order valence-electron chi connectivity index (χ4n) is 0.721. The van der Waals surface area contributed by atoms with Crippen LogP contribution in [-0.4, -0.2) is 13.0 Å². The van der Waals surface area contributed by atoms with Crippen LogP contribution in [0, 0.1) is 0 Å². The normalized spacial score (nSPS) is 10.7. The molecule has 0 saturated carbocycles. The van der Waals surface area contributed by atoms with Gasteiger partial charge in [0.1, 0.15) is 9.15 Å². The molecule has 0 fully saturated rings. The van der Waals surface area contributed by atoms with Gasteiger partial charge in [-0.25, -0.2) is 8.42 Å². The summed E-state index contributed by atoms with van der Waals surface area (Å²) in [6.45, 7) is 0. The minimum atomic E-state index is -4.18. The Balaban J connectivity index is 0.00000169. The zero-order valence-corrected chi connectivity index (χ0v) is 12.7. The number of rotatable bonds is 3. The topological polar surface area (TPSA) is 57.2 Å². The van der Waals surface area contributed by atoms with Crippen LogP contribution in [0.5, 0.6) is 0 Å². The molecule has 1 rings (SSSR count). The van der Waals surface area contributed by atoms with E-state index in [1.807, 2.05) is 0 Å². The van der Waals surface area contributed by atoms with Crippen molar-refractivity contribution in [1.29, 1.82) is 0 Å². The smallest absolute Gasteiger partial charge is 0.739 e. The Morgan fingerprint density at radius 2 is 1.79 bits per heavy atom. The van der Waals surface area contributed by atoms with Gasteiger partial charge in [-0.1, -0.05) is 28.1 Å². The van der Waals surface area contributed by atoms with Crippen molar-refractivity contribution in [3.05, 3.63) is 34.3 Å². The maximum Gasteiger partial charge on any atom is 1.00 e. The van der Waals surface area contributed by atoms with Crippen LogP contribution in [0.2, 0.25) is 0 Å².